The number of likely N-dealkylation sites (N-methyl/N-ethyl adjacent to an activating group) is 1. The topological polar surface area (TPSA) is 68.3 Å². The fraction of sp³-hybridized carbons (Fsp3) is 0.167. The molecule has 3 aromatic rings. The molecule has 0 saturated heterocycles. The van der Waals surface area contributed by atoms with Crippen molar-refractivity contribution in [1.82, 2.24) is 10.3 Å². The fourth-order valence-electron chi connectivity index (χ4n) is 2.35. The first kappa shape index (κ1) is 16.1. The summed E-state index contributed by atoms with van der Waals surface area (Å²) in [6.45, 7) is 2.01. The zero-order chi connectivity index (χ0) is 16.9. The Labute approximate surface area is 143 Å². The molecule has 0 atom stereocenters. The lowest BCUT2D eigenvalue weighted by Gasteiger charge is -2.09. The molecule has 3 rings (SSSR count). The van der Waals surface area contributed by atoms with Crippen molar-refractivity contribution >= 4 is 34.1 Å². The summed E-state index contributed by atoms with van der Waals surface area (Å²) in [6.07, 6.45) is 0. The van der Waals surface area contributed by atoms with E-state index in [1.807, 2.05) is 48.7 Å². The highest BCUT2D eigenvalue weighted by molar-refractivity contribution is 7.13. The zero-order valence-electron chi connectivity index (χ0n) is 13.1. The Bertz CT molecular complexity index is 875. The molecule has 0 aliphatic carbocycles. The van der Waals surface area contributed by atoms with Gasteiger partial charge in [0.05, 0.1) is 21.7 Å². The standard InChI is InChI=1S/C18H16N2O3S/c1-2-19-17(21)11-23-18(22)13-10-15(16-8-5-9-24-16)20-14-7-4-3-6-12(13)14/h3-10H,2,11H2,1H3,(H,19,21). The molecular formula is C18H16N2O3S. The maximum Gasteiger partial charge on any atom is 0.339 e. The molecular weight excluding hydrogens is 324 g/mol. The van der Waals surface area contributed by atoms with E-state index in [1.165, 1.54) is 0 Å². The molecule has 5 nitrogen and oxygen atoms in total. The maximum absolute atomic E-state index is 12.5. The molecule has 0 bridgehead atoms. The average Bonchev–Trinajstić information content (AvgIpc) is 3.13. The highest BCUT2D eigenvalue weighted by atomic mass is 32.1. The number of ether oxygens (including phenoxy) is 1. The summed E-state index contributed by atoms with van der Waals surface area (Å²) in [6, 6.07) is 13.0. The van der Waals surface area contributed by atoms with E-state index >= 15 is 0 Å². The third-order valence-electron chi connectivity index (χ3n) is 3.42. The Balaban J connectivity index is 1.96. The monoisotopic (exact) mass is 340 g/mol. The SMILES string of the molecule is CCNC(=O)COC(=O)c1cc(-c2cccs2)nc2ccccc12. The quantitative estimate of drug-likeness (QED) is 0.724. The van der Waals surface area contributed by atoms with Crippen LogP contribution in [-0.4, -0.2) is 30.0 Å². The van der Waals surface area contributed by atoms with Gasteiger partial charge >= 0.3 is 5.97 Å². The van der Waals surface area contributed by atoms with Crippen LogP contribution in [-0.2, 0) is 9.53 Å². The Morgan fingerprint density at radius 3 is 2.79 bits per heavy atom. The van der Waals surface area contributed by atoms with Crippen molar-refractivity contribution in [1.29, 1.82) is 0 Å². The number of esters is 1. The maximum atomic E-state index is 12.5. The van der Waals surface area contributed by atoms with Crippen LogP contribution >= 0.6 is 11.3 Å². The van der Waals surface area contributed by atoms with Crippen LogP contribution in [0.1, 0.15) is 17.3 Å². The normalized spacial score (nSPS) is 10.5. The number of aromatic nitrogens is 1. The molecule has 6 heteroatoms. The van der Waals surface area contributed by atoms with Crippen LogP contribution in [0.15, 0.2) is 47.8 Å². The van der Waals surface area contributed by atoms with E-state index in [9.17, 15) is 9.59 Å². The number of amides is 1. The number of rotatable bonds is 5. The van der Waals surface area contributed by atoms with Gasteiger partial charge in [0.15, 0.2) is 6.61 Å². The van der Waals surface area contributed by atoms with Gasteiger partial charge in [-0.05, 0) is 30.5 Å². The molecule has 122 valence electrons. The third kappa shape index (κ3) is 3.44. The second-order valence-corrected chi connectivity index (χ2v) is 6.03. The van der Waals surface area contributed by atoms with Crippen molar-refractivity contribution in [2.75, 3.05) is 13.2 Å². The number of para-hydroxylation sites is 1. The smallest absolute Gasteiger partial charge is 0.339 e. The summed E-state index contributed by atoms with van der Waals surface area (Å²) >= 11 is 1.55. The van der Waals surface area contributed by atoms with Gasteiger partial charge in [-0.15, -0.1) is 11.3 Å². The first-order valence-corrected chi connectivity index (χ1v) is 8.44. The first-order valence-electron chi connectivity index (χ1n) is 7.56. The second kappa shape index (κ2) is 7.23. The molecule has 0 radical (unpaired) electrons. The largest absolute Gasteiger partial charge is 0.452 e. The van der Waals surface area contributed by atoms with Gasteiger partial charge in [0.25, 0.3) is 5.91 Å². The number of hydrogen-bond donors (Lipinski definition) is 1. The number of fused-ring (bicyclic) bond motifs is 1. The van der Waals surface area contributed by atoms with E-state index in [4.69, 9.17) is 4.74 Å². The van der Waals surface area contributed by atoms with Gasteiger partial charge in [0, 0.05) is 11.9 Å². The van der Waals surface area contributed by atoms with Crippen molar-refractivity contribution < 1.29 is 14.3 Å². The number of carbonyl (C=O) groups is 2. The predicted octanol–water partition coefficient (Wildman–Crippen LogP) is 3.26. The van der Waals surface area contributed by atoms with Crippen LogP contribution in [0.4, 0.5) is 0 Å². The van der Waals surface area contributed by atoms with E-state index in [1.54, 1.807) is 17.4 Å². The summed E-state index contributed by atoms with van der Waals surface area (Å²) in [5.41, 5.74) is 1.84. The van der Waals surface area contributed by atoms with Gasteiger partial charge in [-0.1, -0.05) is 24.3 Å². The molecule has 1 amide bonds. The molecule has 0 aliphatic heterocycles. The molecule has 0 fully saturated rings. The van der Waals surface area contributed by atoms with Gasteiger partial charge in [0.1, 0.15) is 0 Å². The third-order valence-corrected chi connectivity index (χ3v) is 4.31. The molecule has 1 N–H and O–H groups in total. The van der Waals surface area contributed by atoms with Gasteiger partial charge in [-0.3, -0.25) is 4.79 Å². The predicted molar refractivity (Wildman–Crippen MR) is 94.0 cm³/mol. The molecule has 2 heterocycles. The van der Waals surface area contributed by atoms with Crippen molar-refractivity contribution in [2.45, 2.75) is 6.92 Å². The van der Waals surface area contributed by atoms with Crippen LogP contribution in [0, 0.1) is 0 Å². The Morgan fingerprint density at radius 2 is 2.04 bits per heavy atom. The van der Waals surface area contributed by atoms with Gasteiger partial charge in [0.2, 0.25) is 0 Å². The van der Waals surface area contributed by atoms with Gasteiger partial charge in [-0.25, -0.2) is 9.78 Å². The Morgan fingerprint density at radius 1 is 1.21 bits per heavy atom. The fourth-order valence-corrected chi connectivity index (χ4v) is 3.04. The molecule has 0 aliphatic rings. The minimum atomic E-state index is -0.530. The number of benzene rings is 1. The van der Waals surface area contributed by atoms with Crippen LogP contribution < -0.4 is 5.32 Å². The summed E-state index contributed by atoms with van der Waals surface area (Å²) in [5, 5.41) is 5.26. The molecule has 24 heavy (non-hydrogen) atoms. The highest BCUT2D eigenvalue weighted by Gasteiger charge is 2.16. The van der Waals surface area contributed by atoms with E-state index in [0.29, 0.717) is 28.7 Å². The van der Waals surface area contributed by atoms with E-state index in [2.05, 4.69) is 10.3 Å². The molecule has 2 aromatic heterocycles. The average molecular weight is 340 g/mol. The number of hydrogen-bond acceptors (Lipinski definition) is 5. The molecule has 1 aromatic carbocycles. The Kier molecular flexibility index (Phi) is 4.86. The summed E-state index contributed by atoms with van der Waals surface area (Å²) in [5.74, 6) is -0.847. The van der Waals surface area contributed by atoms with E-state index < -0.39 is 5.97 Å². The minimum absolute atomic E-state index is 0.294. The Hall–Kier alpha value is -2.73. The lowest BCUT2D eigenvalue weighted by molar-refractivity contribution is -0.124. The molecule has 0 saturated carbocycles. The lowest BCUT2D eigenvalue weighted by Crippen LogP contribution is -2.28. The zero-order valence-corrected chi connectivity index (χ0v) is 13.9. The number of thiophene rings is 1. The summed E-state index contributed by atoms with van der Waals surface area (Å²) in [4.78, 5) is 29.5. The van der Waals surface area contributed by atoms with Crippen LogP contribution in [0.5, 0.6) is 0 Å². The van der Waals surface area contributed by atoms with Crippen molar-refractivity contribution in [2.24, 2.45) is 0 Å². The van der Waals surface area contributed by atoms with Crippen molar-refractivity contribution in [3.8, 4) is 10.6 Å². The number of nitrogens with one attached hydrogen (secondary N) is 1. The summed E-state index contributed by atoms with van der Waals surface area (Å²) < 4.78 is 5.15. The summed E-state index contributed by atoms with van der Waals surface area (Å²) in [7, 11) is 0. The van der Waals surface area contributed by atoms with E-state index in [-0.39, 0.29) is 12.5 Å². The number of pyridine rings is 1. The van der Waals surface area contributed by atoms with Crippen molar-refractivity contribution in [3.05, 3.63) is 53.4 Å². The van der Waals surface area contributed by atoms with Crippen LogP contribution in [0.2, 0.25) is 0 Å². The second-order valence-electron chi connectivity index (χ2n) is 5.08. The van der Waals surface area contributed by atoms with Gasteiger partial charge in [-0.2, -0.15) is 0 Å². The van der Waals surface area contributed by atoms with Crippen LogP contribution in [0.25, 0.3) is 21.5 Å². The van der Waals surface area contributed by atoms with E-state index in [0.717, 1.165) is 4.88 Å². The highest BCUT2D eigenvalue weighted by Crippen LogP contribution is 2.28. The first-order chi connectivity index (χ1) is 11.7. The van der Waals surface area contributed by atoms with Gasteiger partial charge < -0.3 is 10.1 Å². The van der Waals surface area contributed by atoms with Crippen LogP contribution in [0.3, 0.4) is 0 Å². The molecule has 0 unspecified atom stereocenters. The number of carbonyl (C=O) groups excluding carboxylic acids is 2. The number of nitrogens with zero attached hydrogens (tertiary/aromatic N) is 1. The minimum Gasteiger partial charge on any atom is -0.452 e. The van der Waals surface area contributed by atoms with Crippen molar-refractivity contribution in [3.63, 3.8) is 0 Å². The molecule has 0 spiro atoms. The lowest BCUT2D eigenvalue weighted by atomic mass is 10.1.